The molecule has 5 rings (SSSR count). The van der Waals surface area contributed by atoms with E-state index in [0.717, 1.165) is 23.2 Å². The van der Waals surface area contributed by atoms with Gasteiger partial charge in [0.15, 0.2) is 0 Å². The highest BCUT2D eigenvalue weighted by Gasteiger charge is 2.55. The van der Waals surface area contributed by atoms with Crippen LogP contribution in [0.5, 0.6) is 0 Å². The van der Waals surface area contributed by atoms with Gasteiger partial charge in [-0.1, -0.05) is 23.7 Å². The summed E-state index contributed by atoms with van der Waals surface area (Å²) < 4.78 is 5.05. The molecule has 0 spiro atoms. The summed E-state index contributed by atoms with van der Waals surface area (Å²) in [4.78, 5) is 23.7. The number of ether oxygens (including phenoxy) is 1. The van der Waals surface area contributed by atoms with Crippen LogP contribution in [-0.2, 0) is 4.74 Å². The van der Waals surface area contributed by atoms with E-state index in [1.165, 1.54) is 20.0 Å². The Bertz CT molecular complexity index is 1000. The summed E-state index contributed by atoms with van der Waals surface area (Å²) in [5.74, 6) is 0.459. The van der Waals surface area contributed by atoms with Gasteiger partial charge in [-0.05, 0) is 78.3 Å². The fraction of sp³-hybridized carbons (Fsp3) is 0.391. The molecule has 2 saturated carbocycles. The minimum atomic E-state index is -0.929. The summed E-state index contributed by atoms with van der Waals surface area (Å²) in [5, 5.41) is 13.4. The molecule has 0 aromatic heterocycles. The molecule has 0 amide bonds. The first-order valence-corrected chi connectivity index (χ1v) is 10.4. The number of methoxy groups -OCH3 is 1. The van der Waals surface area contributed by atoms with Crippen LogP contribution >= 0.6 is 11.6 Å². The van der Waals surface area contributed by atoms with Crippen molar-refractivity contribution in [2.24, 2.45) is 17.8 Å². The average molecular weight is 412 g/mol. The van der Waals surface area contributed by atoms with Crippen molar-refractivity contribution in [2.45, 2.75) is 31.2 Å². The molecule has 2 aromatic carbocycles. The van der Waals surface area contributed by atoms with Crippen LogP contribution < -0.4 is 5.32 Å². The van der Waals surface area contributed by atoms with Crippen molar-refractivity contribution >= 4 is 29.2 Å². The maximum atomic E-state index is 12.5. The third-order valence-electron chi connectivity index (χ3n) is 7.12. The second kappa shape index (κ2) is 6.77. The van der Waals surface area contributed by atoms with Crippen molar-refractivity contribution in [3.05, 3.63) is 63.7 Å². The third-order valence-corrected chi connectivity index (χ3v) is 7.43. The van der Waals surface area contributed by atoms with Crippen molar-refractivity contribution in [1.29, 1.82) is 0 Å². The summed E-state index contributed by atoms with van der Waals surface area (Å²) in [6.45, 7) is 0. The molecule has 2 aromatic rings. The number of fused-ring (bicyclic) bond motifs is 7. The van der Waals surface area contributed by atoms with E-state index in [1.807, 2.05) is 12.1 Å². The van der Waals surface area contributed by atoms with Crippen LogP contribution in [0.2, 0.25) is 5.02 Å². The monoisotopic (exact) mass is 411 g/mol. The molecular formula is C23H22ClNO4. The van der Waals surface area contributed by atoms with Gasteiger partial charge >= 0.3 is 11.9 Å². The summed E-state index contributed by atoms with van der Waals surface area (Å²) in [6, 6.07) is 10.7. The maximum absolute atomic E-state index is 12.5. The molecule has 5 atom stereocenters. The van der Waals surface area contributed by atoms with Gasteiger partial charge in [-0.25, -0.2) is 9.59 Å². The van der Waals surface area contributed by atoms with Crippen molar-refractivity contribution < 1.29 is 19.4 Å². The number of carbonyl (C=O) groups is 2. The van der Waals surface area contributed by atoms with E-state index < -0.39 is 5.97 Å². The van der Waals surface area contributed by atoms with Crippen LogP contribution in [0.3, 0.4) is 0 Å². The van der Waals surface area contributed by atoms with Crippen LogP contribution in [0.25, 0.3) is 0 Å². The van der Waals surface area contributed by atoms with Gasteiger partial charge < -0.3 is 15.2 Å². The predicted molar refractivity (Wildman–Crippen MR) is 110 cm³/mol. The molecule has 2 fully saturated rings. The number of benzene rings is 2. The number of carboxylic acids is 1. The molecule has 1 aliphatic heterocycles. The van der Waals surface area contributed by atoms with E-state index in [-0.39, 0.29) is 23.5 Å². The number of hydrogen-bond donors (Lipinski definition) is 2. The van der Waals surface area contributed by atoms with Crippen LogP contribution in [0, 0.1) is 17.8 Å². The van der Waals surface area contributed by atoms with Gasteiger partial charge in [0.25, 0.3) is 0 Å². The van der Waals surface area contributed by atoms with Crippen LogP contribution in [0.1, 0.15) is 63.1 Å². The second-order valence-electron chi connectivity index (χ2n) is 8.36. The molecule has 2 aliphatic carbocycles. The molecule has 2 N–H and O–H groups in total. The molecule has 150 valence electrons. The van der Waals surface area contributed by atoms with Crippen molar-refractivity contribution in [1.82, 2.24) is 0 Å². The van der Waals surface area contributed by atoms with Gasteiger partial charge in [0, 0.05) is 0 Å². The molecule has 5 nitrogen and oxygen atoms in total. The Morgan fingerprint density at radius 1 is 1.10 bits per heavy atom. The number of hydrogen-bond acceptors (Lipinski definition) is 4. The van der Waals surface area contributed by atoms with Crippen molar-refractivity contribution in [3.8, 4) is 0 Å². The summed E-state index contributed by atoms with van der Waals surface area (Å²) in [5.41, 5.74) is 3.75. The minimum absolute atomic E-state index is 0.0380. The number of halogens is 1. The highest BCUT2D eigenvalue weighted by atomic mass is 35.5. The Kier molecular flexibility index (Phi) is 4.32. The van der Waals surface area contributed by atoms with Crippen LogP contribution in [0.15, 0.2) is 36.4 Å². The molecule has 1 heterocycles. The van der Waals surface area contributed by atoms with E-state index in [9.17, 15) is 14.7 Å². The first kappa shape index (κ1) is 18.5. The Morgan fingerprint density at radius 2 is 1.83 bits per heavy atom. The SMILES string of the molecule is COC(=O)c1ccc(Cl)c2c1[C@@H]1[C@H]3CC[C@@H](C3)[C@H]1[C@@H](c1ccc(C(=O)O)cc1)N2. The lowest BCUT2D eigenvalue weighted by molar-refractivity contribution is 0.0596. The quantitative estimate of drug-likeness (QED) is 0.685. The summed E-state index contributed by atoms with van der Waals surface area (Å²) >= 11 is 6.58. The van der Waals surface area contributed by atoms with Gasteiger partial charge in [-0.15, -0.1) is 0 Å². The number of rotatable bonds is 3. The van der Waals surface area contributed by atoms with E-state index >= 15 is 0 Å². The zero-order chi connectivity index (χ0) is 20.3. The first-order valence-electron chi connectivity index (χ1n) is 10.00. The summed E-state index contributed by atoms with van der Waals surface area (Å²) in [7, 11) is 1.41. The van der Waals surface area contributed by atoms with Gasteiger partial charge in [0.1, 0.15) is 0 Å². The maximum Gasteiger partial charge on any atom is 0.338 e. The third kappa shape index (κ3) is 2.75. The smallest absolute Gasteiger partial charge is 0.338 e. The minimum Gasteiger partial charge on any atom is -0.478 e. The molecule has 2 bridgehead atoms. The number of aromatic carboxylic acids is 1. The highest BCUT2D eigenvalue weighted by Crippen LogP contribution is 2.64. The zero-order valence-electron chi connectivity index (χ0n) is 16.0. The fourth-order valence-electron chi connectivity index (χ4n) is 6.01. The van der Waals surface area contributed by atoms with Gasteiger partial charge in [0.05, 0.1) is 35.0 Å². The second-order valence-corrected chi connectivity index (χ2v) is 8.77. The summed E-state index contributed by atoms with van der Waals surface area (Å²) in [6.07, 6.45) is 3.52. The van der Waals surface area contributed by atoms with Crippen LogP contribution in [0.4, 0.5) is 5.69 Å². The Hall–Kier alpha value is -2.53. The Morgan fingerprint density at radius 3 is 2.52 bits per heavy atom. The normalized spacial score (nSPS) is 29.0. The van der Waals surface area contributed by atoms with Crippen molar-refractivity contribution in [3.63, 3.8) is 0 Å². The van der Waals surface area contributed by atoms with E-state index in [4.69, 9.17) is 16.3 Å². The lowest BCUT2D eigenvalue weighted by Crippen LogP contribution is -2.36. The van der Waals surface area contributed by atoms with E-state index in [2.05, 4.69) is 5.32 Å². The molecule has 3 aliphatic rings. The number of nitrogens with one attached hydrogen (secondary N) is 1. The molecule has 0 radical (unpaired) electrons. The Labute approximate surface area is 174 Å². The van der Waals surface area contributed by atoms with Crippen LogP contribution in [-0.4, -0.2) is 24.2 Å². The van der Waals surface area contributed by atoms with Crippen molar-refractivity contribution in [2.75, 3.05) is 12.4 Å². The van der Waals surface area contributed by atoms with Gasteiger partial charge in [-0.3, -0.25) is 0 Å². The fourth-order valence-corrected chi connectivity index (χ4v) is 6.23. The Balaban J connectivity index is 1.65. The average Bonchev–Trinajstić information content (AvgIpc) is 3.36. The van der Waals surface area contributed by atoms with E-state index in [0.29, 0.717) is 28.3 Å². The van der Waals surface area contributed by atoms with Gasteiger partial charge in [0.2, 0.25) is 0 Å². The molecular weight excluding hydrogens is 390 g/mol. The molecule has 6 heteroatoms. The lowest BCUT2D eigenvalue weighted by atomic mass is 9.67. The largest absolute Gasteiger partial charge is 0.478 e. The molecule has 0 saturated heterocycles. The predicted octanol–water partition coefficient (Wildman–Crippen LogP) is 5.12. The standard InChI is InChI=1S/C23H22ClNO4/c1-29-23(28)15-8-9-16(24)21-19(15)17-13-6-7-14(10-13)18(17)20(25-21)11-2-4-12(5-3-11)22(26)27/h2-5,8-9,13-14,17-18,20,25H,6-7,10H2,1H3,(H,26,27)/t13-,14-,17+,18+,20+/m0/s1. The molecule has 0 unspecified atom stereocenters. The van der Waals surface area contributed by atoms with E-state index in [1.54, 1.807) is 24.3 Å². The lowest BCUT2D eigenvalue weighted by Gasteiger charge is -2.44. The number of carboxylic acid groups (broad SMARTS) is 1. The van der Waals surface area contributed by atoms with Gasteiger partial charge in [-0.2, -0.15) is 0 Å². The molecule has 29 heavy (non-hydrogen) atoms. The number of esters is 1. The first-order chi connectivity index (χ1) is 14.0. The number of carbonyl (C=O) groups excluding carboxylic acids is 1. The number of anilines is 1. The topological polar surface area (TPSA) is 75.6 Å². The zero-order valence-corrected chi connectivity index (χ0v) is 16.8. The highest BCUT2D eigenvalue weighted by molar-refractivity contribution is 6.33.